The van der Waals surface area contributed by atoms with Gasteiger partial charge in [-0.25, -0.2) is 19.9 Å². The third kappa shape index (κ3) is 3.53. The minimum absolute atomic E-state index is 0.457. The first-order chi connectivity index (χ1) is 12.6. The number of nitrogens with zero attached hydrogens (tertiary/aromatic N) is 5. The molecule has 4 rings (SSSR count). The summed E-state index contributed by atoms with van der Waals surface area (Å²) in [4.78, 5) is 20.6. The summed E-state index contributed by atoms with van der Waals surface area (Å²) in [6, 6.07) is 7.92. The van der Waals surface area contributed by atoms with Crippen LogP contribution in [0.2, 0.25) is 5.15 Å². The molecular formula is C20H20ClN5. The first kappa shape index (κ1) is 16.9. The van der Waals surface area contributed by atoms with Gasteiger partial charge in [-0.05, 0) is 56.5 Å². The summed E-state index contributed by atoms with van der Waals surface area (Å²) in [5.74, 6) is 1.48. The predicted octanol–water partition coefficient (Wildman–Crippen LogP) is 4.46. The second-order valence-corrected chi connectivity index (χ2v) is 7.01. The highest BCUT2D eigenvalue weighted by atomic mass is 35.5. The number of rotatable bonds is 3. The van der Waals surface area contributed by atoms with E-state index in [0.29, 0.717) is 11.0 Å². The molecule has 26 heavy (non-hydrogen) atoms. The maximum absolute atomic E-state index is 6.20. The van der Waals surface area contributed by atoms with Gasteiger partial charge < -0.3 is 4.90 Å². The Morgan fingerprint density at radius 2 is 1.73 bits per heavy atom. The van der Waals surface area contributed by atoms with E-state index in [-0.39, 0.29) is 0 Å². The van der Waals surface area contributed by atoms with Crippen molar-refractivity contribution in [1.82, 2.24) is 19.9 Å². The smallest absolute Gasteiger partial charge is 0.156 e. The number of aryl methyl sites for hydroxylation is 2. The fourth-order valence-electron chi connectivity index (χ4n) is 3.18. The fraction of sp³-hybridized carbons (Fsp3) is 0.300. The SMILES string of the molecule is Cc1ccc2nc(C)c(C=Cc3nc(Cl)cc(N4CCCC4)n3)nc2c1. The van der Waals surface area contributed by atoms with Gasteiger partial charge in [-0.15, -0.1) is 0 Å². The Kier molecular flexibility index (Phi) is 4.55. The largest absolute Gasteiger partial charge is 0.356 e. The Morgan fingerprint density at radius 3 is 2.54 bits per heavy atom. The molecule has 0 unspecified atom stereocenters. The van der Waals surface area contributed by atoms with Gasteiger partial charge in [0.05, 0.1) is 22.4 Å². The summed E-state index contributed by atoms with van der Waals surface area (Å²) in [6.45, 7) is 6.05. The van der Waals surface area contributed by atoms with Crippen LogP contribution in [0.25, 0.3) is 23.2 Å². The molecule has 0 saturated carbocycles. The zero-order valence-corrected chi connectivity index (χ0v) is 15.7. The summed E-state index contributed by atoms with van der Waals surface area (Å²) >= 11 is 6.20. The van der Waals surface area contributed by atoms with Crippen LogP contribution in [-0.2, 0) is 0 Å². The Labute approximate surface area is 157 Å². The zero-order valence-electron chi connectivity index (χ0n) is 14.9. The molecule has 1 aromatic carbocycles. The molecule has 1 fully saturated rings. The fourth-order valence-corrected chi connectivity index (χ4v) is 3.37. The molecule has 0 radical (unpaired) electrons. The van der Waals surface area contributed by atoms with Crippen molar-refractivity contribution in [2.24, 2.45) is 0 Å². The van der Waals surface area contributed by atoms with E-state index in [1.54, 1.807) is 0 Å². The molecule has 2 aromatic heterocycles. The van der Waals surface area contributed by atoms with Crippen molar-refractivity contribution in [2.45, 2.75) is 26.7 Å². The van der Waals surface area contributed by atoms with Crippen LogP contribution in [0.3, 0.4) is 0 Å². The van der Waals surface area contributed by atoms with Crippen molar-refractivity contribution in [1.29, 1.82) is 0 Å². The molecule has 3 aromatic rings. The van der Waals surface area contributed by atoms with Crippen molar-refractivity contribution < 1.29 is 0 Å². The van der Waals surface area contributed by atoms with Crippen molar-refractivity contribution in [3.05, 3.63) is 52.2 Å². The standard InChI is InChI=1S/C20H20ClN5/c1-13-5-6-16-17(11-13)23-15(14(2)22-16)7-8-19-24-18(21)12-20(25-19)26-9-3-4-10-26/h5-8,11-12H,3-4,9-10H2,1-2H3. The van der Waals surface area contributed by atoms with E-state index in [0.717, 1.165) is 41.3 Å². The highest BCUT2D eigenvalue weighted by Crippen LogP contribution is 2.22. The maximum atomic E-state index is 6.20. The lowest BCUT2D eigenvalue weighted by molar-refractivity contribution is 0.923. The van der Waals surface area contributed by atoms with Crippen molar-refractivity contribution >= 4 is 40.6 Å². The number of halogens is 1. The molecule has 0 aliphatic carbocycles. The van der Waals surface area contributed by atoms with Crippen LogP contribution in [0, 0.1) is 13.8 Å². The van der Waals surface area contributed by atoms with Crippen molar-refractivity contribution in [3.63, 3.8) is 0 Å². The van der Waals surface area contributed by atoms with Crippen LogP contribution >= 0.6 is 11.6 Å². The summed E-state index contributed by atoms with van der Waals surface area (Å²) in [5, 5.41) is 0.457. The predicted molar refractivity (Wildman–Crippen MR) is 106 cm³/mol. The molecule has 6 heteroatoms. The molecule has 0 spiro atoms. The minimum Gasteiger partial charge on any atom is -0.356 e. The third-order valence-corrected chi connectivity index (χ3v) is 4.74. The van der Waals surface area contributed by atoms with Crippen LogP contribution in [-0.4, -0.2) is 33.0 Å². The van der Waals surface area contributed by atoms with Gasteiger partial charge in [-0.2, -0.15) is 0 Å². The van der Waals surface area contributed by atoms with Crippen LogP contribution in [0.4, 0.5) is 5.82 Å². The van der Waals surface area contributed by atoms with Crippen LogP contribution in [0.15, 0.2) is 24.3 Å². The van der Waals surface area contributed by atoms with Crippen molar-refractivity contribution in [3.8, 4) is 0 Å². The molecule has 1 aliphatic rings. The lowest BCUT2D eigenvalue weighted by atomic mass is 10.2. The first-order valence-corrected chi connectivity index (χ1v) is 9.19. The normalized spacial score (nSPS) is 14.7. The maximum Gasteiger partial charge on any atom is 0.156 e. The minimum atomic E-state index is 0.457. The molecule has 0 atom stereocenters. The van der Waals surface area contributed by atoms with Crippen LogP contribution < -0.4 is 4.90 Å². The number of benzene rings is 1. The summed E-state index contributed by atoms with van der Waals surface area (Å²) in [6.07, 6.45) is 6.14. The Balaban J connectivity index is 1.67. The number of fused-ring (bicyclic) bond motifs is 1. The topological polar surface area (TPSA) is 54.8 Å². The lowest BCUT2D eigenvalue weighted by Gasteiger charge is -2.16. The number of anilines is 1. The van der Waals surface area contributed by atoms with Gasteiger partial charge in [0.1, 0.15) is 11.0 Å². The van der Waals surface area contributed by atoms with E-state index in [2.05, 4.69) is 26.8 Å². The number of hydrogen-bond donors (Lipinski definition) is 0. The summed E-state index contributed by atoms with van der Waals surface area (Å²) in [5.41, 5.74) is 4.65. The van der Waals surface area contributed by atoms with E-state index in [9.17, 15) is 0 Å². The second-order valence-electron chi connectivity index (χ2n) is 6.62. The number of hydrogen-bond acceptors (Lipinski definition) is 5. The molecule has 5 nitrogen and oxygen atoms in total. The quantitative estimate of drug-likeness (QED) is 0.641. The molecule has 1 aliphatic heterocycles. The van der Waals surface area contributed by atoms with Crippen LogP contribution in [0.1, 0.15) is 35.6 Å². The van der Waals surface area contributed by atoms with E-state index in [4.69, 9.17) is 16.6 Å². The monoisotopic (exact) mass is 365 g/mol. The van der Waals surface area contributed by atoms with Gasteiger partial charge >= 0.3 is 0 Å². The van der Waals surface area contributed by atoms with Gasteiger partial charge in [-0.1, -0.05) is 17.7 Å². The molecule has 1 saturated heterocycles. The highest BCUT2D eigenvalue weighted by molar-refractivity contribution is 6.29. The molecule has 132 valence electrons. The summed E-state index contributed by atoms with van der Waals surface area (Å²) < 4.78 is 0. The summed E-state index contributed by atoms with van der Waals surface area (Å²) in [7, 11) is 0. The van der Waals surface area contributed by atoms with E-state index in [1.807, 2.05) is 43.3 Å². The highest BCUT2D eigenvalue weighted by Gasteiger charge is 2.15. The molecule has 3 heterocycles. The third-order valence-electron chi connectivity index (χ3n) is 4.55. The molecule has 0 N–H and O–H groups in total. The van der Waals surface area contributed by atoms with Gasteiger partial charge in [-0.3, -0.25) is 0 Å². The van der Waals surface area contributed by atoms with Crippen LogP contribution in [0.5, 0.6) is 0 Å². The Bertz CT molecular complexity index is 993. The second kappa shape index (κ2) is 7.00. The molecule has 0 amide bonds. The van der Waals surface area contributed by atoms with Gasteiger partial charge in [0.25, 0.3) is 0 Å². The van der Waals surface area contributed by atoms with Gasteiger partial charge in [0.15, 0.2) is 5.82 Å². The van der Waals surface area contributed by atoms with E-state index >= 15 is 0 Å². The van der Waals surface area contributed by atoms with Gasteiger partial charge in [0.2, 0.25) is 0 Å². The lowest BCUT2D eigenvalue weighted by Crippen LogP contribution is -2.19. The number of aromatic nitrogens is 4. The first-order valence-electron chi connectivity index (χ1n) is 8.81. The average molecular weight is 366 g/mol. The van der Waals surface area contributed by atoms with E-state index < -0.39 is 0 Å². The molecular weight excluding hydrogens is 346 g/mol. The Hall–Kier alpha value is -2.53. The average Bonchev–Trinajstić information content (AvgIpc) is 3.14. The Morgan fingerprint density at radius 1 is 0.923 bits per heavy atom. The van der Waals surface area contributed by atoms with Crippen molar-refractivity contribution in [2.75, 3.05) is 18.0 Å². The molecule has 0 bridgehead atoms. The van der Waals surface area contributed by atoms with E-state index in [1.165, 1.54) is 18.4 Å². The zero-order chi connectivity index (χ0) is 18.1. The van der Waals surface area contributed by atoms with Gasteiger partial charge in [0, 0.05) is 19.2 Å².